The molecule has 0 spiro atoms. The van der Waals surface area contributed by atoms with Crippen molar-refractivity contribution >= 4 is 18.2 Å². The highest BCUT2D eigenvalue weighted by Gasteiger charge is 2.15. The maximum Gasteiger partial charge on any atom is 0.307 e. The molecule has 7 heteroatoms. The Kier molecular flexibility index (Phi) is 6.73. The maximum absolute atomic E-state index is 11.4. The van der Waals surface area contributed by atoms with E-state index in [1.807, 2.05) is 0 Å². The third-order valence-electron chi connectivity index (χ3n) is 2.62. The molecule has 0 aromatic heterocycles. The quantitative estimate of drug-likeness (QED) is 0.264. The lowest BCUT2D eigenvalue weighted by molar-refractivity contribution is -0.143. The average Bonchev–Trinajstić information content (AvgIpc) is 2.45. The highest BCUT2D eigenvalue weighted by molar-refractivity contribution is 5.95. The van der Waals surface area contributed by atoms with Gasteiger partial charge in [-0.05, 0) is 19.1 Å². The van der Waals surface area contributed by atoms with Gasteiger partial charge in [-0.1, -0.05) is 12.1 Å². The molecule has 21 heavy (non-hydrogen) atoms. The number of nitrogens with one attached hydrogen (secondary N) is 2. The van der Waals surface area contributed by atoms with Gasteiger partial charge in [0, 0.05) is 5.56 Å². The summed E-state index contributed by atoms with van der Waals surface area (Å²) in [6.45, 7) is 2.11. The molecule has 0 fully saturated rings. The van der Waals surface area contributed by atoms with Crippen LogP contribution in [0.3, 0.4) is 0 Å². The Bertz CT molecular complexity index is 505. The Morgan fingerprint density at radius 3 is 2.90 bits per heavy atom. The van der Waals surface area contributed by atoms with Gasteiger partial charge in [0.05, 0.1) is 19.1 Å². The van der Waals surface area contributed by atoms with Gasteiger partial charge in [-0.15, -0.1) is 0 Å². The fraction of sp³-hybridized carbons (Fsp3) is 0.357. The number of carbonyl (C=O) groups is 2. The standard InChI is InChI=1S/C14H19N3O4/c1-2-20-13(19)7-11(17-9-18)8-21-12-5-3-4-10(6-12)14(15)16/h3-6,9,11H,2,7-8H2,1H3,(H3,15,16)(H,17,18)/t11-/m1/s1. The molecule has 0 aliphatic heterocycles. The summed E-state index contributed by atoms with van der Waals surface area (Å²) in [5.41, 5.74) is 5.93. The molecule has 1 atom stereocenters. The van der Waals surface area contributed by atoms with Crippen molar-refractivity contribution in [3.05, 3.63) is 29.8 Å². The first-order chi connectivity index (χ1) is 10.1. The number of hydrogen-bond donors (Lipinski definition) is 3. The SMILES string of the molecule is CCOC(=O)C[C@H](COc1cccc(C(=N)N)c1)NC=O. The molecule has 0 bridgehead atoms. The minimum absolute atomic E-state index is 0.0268. The van der Waals surface area contributed by atoms with Crippen molar-refractivity contribution in [3.63, 3.8) is 0 Å². The van der Waals surface area contributed by atoms with Crippen molar-refractivity contribution in [1.82, 2.24) is 5.32 Å². The number of ether oxygens (including phenoxy) is 2. The molecule has 0 saturated heterocycles. The van der Waals surface area contributed by atoms with Gasteiger partial charge < -0.3 is 20.5 Å². The monoisotopic (exact) mass is 293 g/mol. The second-order valence-electron chi connectivity index (χ2n) is 4.24. The van der Waals surface area contributed by atoms with Gasteiger partial charge in [-0.25, -0.2) is 0 Å². The average molecular weight is 293 g/mol. The summed E-state index contributed by atoms with van der Waals surface area (Å²) in [6, 6.07) is 6.23. The molecule has 0 aliphatic carbocycles. The first-order valence-corrected chi connectivity index (χ1v) is 6.49. The zero-order valence-electron chi connectivity index (χ0n) is 11.8. The van der Waals surface area contributed by atoms with Crippen LogP contribution < -0.4 is 15.8 Å². The lowest BCUT2D eigenvalue weighted by atomic mass is 10.2. The summed E-state index contributed by atoms with van der Waals surface area (Å²) < 4.78 is 10.3. The number of amidine groups is 1. The van der Waals surface area contributed by atoms with Gasteiger partial charge in [-0.2, -0.15) is 0 Å². The summed E-state index contributed by atoms with van der Waals surface area (Å²) in [6.07, 6.45) is 0.540. The van der Waals surface area contributed by atoms with Crippen molar-refractivity contribution in [3.8, 4) is 5.75 Å². The number of nitrogens with two attached hydrogens (primary N) is 1. The minimum Gasteiger partial charge on any atom is -0.491 e. The van der Waals surface area contributed by atoms with Crippen LogP contribution in [-0.4, -0.2) is 37.5 Å². The molecule has 1 rings (SSSR count). The van der Waals surface area contributed by atoms with Crippen LogP contribution in [0.2, 0.25) is 0 Å². The smallest absolute Gasteiger partial charge is 0.307 e. The summed E-state index contributed by atoms with van der Waals surface area (Å²) in [5.74, 6) is 0.0386. The fourth-order valence-corrected chi connectivity index (χ4v) is 1.63. The van der Waals surface area contributed by atoms with Crippen LogP contribution in [0.5, 0.6) is 5.75 Å². The van der Waals surface area contributed by atoms with E-state index in [2.05, 4.69) is 5.32 Å². The van der Waals surface area contributed by atoms with E-state index < -0.39 is 12.0 Å². The molecule has 1 aromatic rings. The molecule has 7 nitrogen and oxygen atoms in total. The van der Waals surface area contributed by atoms with Crippen LogP contribution in [0, 0.1) is 5.41 Å². The molecule has 0 saturated carbocycles. The van der Waals surface area contributed by atoms with E-state index in [9.17, 15) is 9.59 Å². The Balaban J connectivity index is 2.60. The van der Waals surface area contributed by atoms with Crippen LogP contribution in [0.15, 0.2) is 24.3 Å². The topological polar surface area (TPSA) is 114 Å². The molecule has 0 heterocycles. The number of hydrogen-bond acceptors (Lipinski definition) is 5. The number of rotatable bonds is 9. The van der Waals surface area contributed by atoms with Crippen molar-refractivity contribution in [2.75, 3.05) is 13.2 Å². The van der Waals surface area contributed by atoms with Crippen molar-refractivity contribution in [1.29, 1.82) is 5.41 Å². The summed E-state index contributed by atoms with van der Waals surface area (Å²) in [5, 5.41) is 9.86. The second-order valence-corrected chi connectivity index (χ2v) is 4.24. The van der Waals surface area contributed by atoms with E-state index in [-0.39, 0.29) is 25.5 Å². The van der Waals surface area contributed by atoms with Gasteiger partial charge in [-0.3, -0.25) is 15.0 Å². The van der Waals surface area contributed by atoms with Crippen LogP contribution in [0.25, 0.3) is 0 Å². The number of nitrogen functional groups attached to an aromatic ring is 1. The third-order valence-corrected chi connectivity index (χ3v) is 2.62. The number of amides is 1. The van der Waals surface area contributed by atoms with Gasteiger partial charge >= 0.3 is 5.97 Å². The minimum atomic E-state index is -0.484. The first kappa shape index (κ1) is 16.5. The predicted octanol–water partition coefficient (Wildman–Crippen LogP) is 0.417. The molecule has 0 radical (unpaired) electrons. The largest absolute Gasteiger partial charge is 0.491 e. The fourth-order valence-electron chi connectivity index (χ4n) is 1.63. The van der Waals surface area contributed by atoms with Crippen molar-refractivity contribution in [2.45, 2.75) is 19.4 Å². The normalized spacial score (nSPS) is 11.3. The summed E-state index contributed by atoms with van der Waals surface area (Å²) in [4.78, 5) is 22.0. The van der Waals surface area contributed by atoms with E-state index >= 15 is 0 Å². The molecule has 1 aromatic carbocycles. The zero-order chi connectivity index (χ0) is 15.7. The van der Waals surface area contributed by atoms with Crippen LogP contribution in [0.4, 0.5) is 0 Å². The maximum atomic E-state index is 11.4. The number of benzene rings is 1. The molecule has 1 amide bonds. The molecule has 0 aliphatic rings. The van der Waals surface area contributed by atoms with Crippen LogP contribution >= 0.6 is 0 Å². The lowest BCUT2D eigenvalue weighted by Gasteiger charge is -2.16. The van der Waals surface area contributed by atoms with Crippen molar-refractivity contribution in [2.24, 2.45) is 5.73 Å². The number of esters is 1. The third kappa shape index (κ3) is 5.94. The van der Waals surface area contributed by atoms with Gasteiger partial charge in [0.15, 0.2) is 0 Å². The predicted molar refractivity (Wildman–Crippen MR) is 77.2 cm³/mol. The van der Waals surface area contributed by atoms with Crippen LogP contribution in [-0.2, 0) is 14.3 Å². The Labute approximate surface area is 122 Å². The summed E-state index contributed by atoms with van der Waals surface area (Å²) >= 11 is 0. The highest BCUT2D eigenvalue weighted by Crippen LogP contribution is 2.13. The second kappa shape index (κ2) is 8.57. The van der Waals surface area contributed by atoms with E-state index in [4.69, 9.17) is 20.6 Å². The lowest BCUT2D eigenvalue weighted by Crippen LogP contribution is -2.36. The molecular weight excluding hydrogens is 274 g/mol. The van der Waals surface area contributed by atoms with Gasteiger partial charge in [0.2, 0.25) is 6.41 Å². The van der Waals surface area contributed by atoms with E-state index in [0.717, 1.165) is 0 Å². The van der Waals surface area contributed by atoms with Gasteiger partial charge in [0.25, 0.3) is 0 Å². The van der Waals surface area contributed by atoms with E-state index in [1.165, 1.54) is 0 Å². The highest BCUT2D eigenvalue weighted by atomic mass is 16.5. The number of carbonyl (C=O) groups excluding carboxylic acids is 2. The molecule has 4 N–H and O–H groups in total. The van der Waals surface area contributed by atoms with Crippen LogP contribution in [0.1, 0.15) is 18.9 Å². The molecular formula is C14H19N3O4. The van der Waals surface area contributed by atoms with Crippen molar-refractivity contribution < 1.29 is 19.1 Å². The summed E-state index contributed by atoms with van der Waals surface area (Å²) in [7, 11) is 0. The first-order valence-electron chi connectivity index (χ1n) is 6.49. The van der Waals surface area contributed by atoms with Gasteiger partial charge in [0.1, 0.15) is 18.2 Å². The molecule has 0 unspecified atom stereocenters. The van der Waals surface area contributed by atoms with E-state index in [1.54, 1.807) is 31.2 Å². The Morgan fingerprint density at radius 1 is 1.52 bits per heavy atom. The van der Waals surface area contributed by atoms with E-state index in [0.29, 0.717) is 17.7 Å². The Morgan fingerprint density at radius 2 is 2.29 bits per heavy atom. The Hall–Kier alpha value is -2.57. The molecule has 114 valence electrons. The zero-order valence-corrected chi connectivity index (χ0v) is 11.8.